The van der Waals surface area contributed by atoms with Crippen molar-refractivity contribution in [2.75, 3.05) is 5.32 Å². The molecular formula is C12H17N3O2. The summed E-state index contributed by atoms with van der Waals surface area (Å²) in [6.45, 7) is 2.14. The average molecular weight is 235 g/mol. The zero-order chi connectivity index (χ0) is 12.3. The number of anilines is 1. The van der Waals surface area contributed by atoms with Crippen LogP contribution in [0.25, 0.3) is 0 Å². The van der Waals surface area contributed by atoms with Gasteiger partial charge in [0, 0.05) is 6.04 Å². The summed E-state index contributed by atoms with van der Waals surface area (Å²) in [5.41, 5.74) is -0.0240. The molecule has 0 saturated heterocycles. The largest absolute Gasteiger partial charge is 0.476 e. The lowest BCUT2D eigenvalue weighted by Gasteiger charge is -2.20. The first-order chi connectivity index (χ1) is 8.16. The van der Waals surface area contributed by atoms with Crippen molar-refractivity contribution in [3.8, 4) is 0 Å². The van der Waals surface area contributed by atoms with Gasteiger partial charge in [0.25, 0.3) is 0 Å². The summed E-state index contributed by atoms with van der Waals surface area (Å²) in [7, 11) is 0. The van der Waals surface area contributed by atoms with E-state index >= 15 is 0 Å². The van der Waals surface area contributed by atoms with E-state index < -0.39 is 5.97 Å². The first-order valence-electron chi connectivity index (χ1n) is 5.98. The zero-order valence-electron chi connectivity index (χ0n) is 9.89. The lowest BCUT2D eigenvalue weighted by atomic mass is 10.00. The summed E-state index contributed by atoms with van der Waals surface area (Å²) >= 11 is 0. The molecule has 0 radical (unpaired) electrons. The molecule has 1 aromatic heterocycles. The standard InChI is InChI=1S/C12H17N3O2/c1-8(9-4-2-3-5-9)15-11-7-13-10(6-14-11)12(16)17/h6-9H,2-5H2,1H3,(H,14,15)(H,16,17)/t8-/m0/s1. The number of aromatic carboxylic acids is 1. The minimum atomic E-state index is -1.05. The Kier molecular flexibility index (Phi) is 3.56. The first-order valence-corrected chi connectivity index (χ1v) is 5.98. The quantitative estimate of drug-likeness (QED) is 0.836. The number of hydrogen-bond donors (Lipinski definition) is 2. The van der Waals surface area contributed by atoms with Crippen molar-refractivity contribution < 1.29 is 9.90 Å². The summed E-state index contributed by atoms with van der Waals surface area (Å²) in [5, 5.41) is 12.0. The lowest BCUT2D eigenvalue weighted by molar-refractivity contribution is 0.0690. The van der Waals surface area contributed by atoms with Crippen LogP contribution in [0.5, 0.6) is 0 Å². The monoisotopic (exact) mass is 235 g/mol. The van der Waals surface area contributed by atoms with Gasteiger partial charge in [0.1, 0.15) is 5.82 Å². The molecule has 1 saturated carbocycles. The van der Waals surface area contributed by atoms with Gasteiger partial charge in [-0.25, -0.2) is 14.8 Å². The van der Waals surface area contributed by atoms with Crippen LogP contribution in [0.1, 0.15) is 43.1 Å². The van der Waals surface area contributed by atoms with Crippen LogP contribution >= 0.6 is 0 Å². The van der Waals surface area contributed by atoms with Crippen LogP contribution in [-0.4, -0.2) is 27.1 Å². The van der Waals surface area contributed by atoms with E-state index in [1.165, 1.54) is 38.1 Å². The Balaban J connectivity index is 1.96. The van der Waals surface area contributed by atoms with E-state index in [1.807, 2.05) is 0 Å². The fraction of sp³-hybridized carbons (Fsp3) is 0.583. The second-order valence-electron chi connectivity index (χ2n) is 4.57. The van der Waals surface area contributed by atoms with Crippen molar-refractivity contribution in [2.45, 2.75) is 38.6 Å². The second kappa shape index (κ2) is 5.12. The van der Waals surface area contributed by atoms with E-state index in [0.29, 0.717) is 17.8 Å². The van der Waals surface area contributed by atoms with Crippen LogP contribution in [0.2, 0.25) is 0 Å². The van der Waals surface area contributed by atoms with E-state index in [-0.39, 0.29) is 5.69 Å². The van der Waals surface area contributed by atoms with Crippen molar-refractivity contribution in [3.63, 3.8) is 0 Å². The molecule has 92 valence electrons. The number of nitrogens with one attached hydrogen (secondary N) is 1. The van der Waals surface area contributed by atoms with Gasteiger partial charge >= 0.3 is 5.97 Å². The van der Waals surface area contributed by atoms with Crippen LogP contribution < -0.4 is 5.32 Å². The number of rotatable bonds is 4. The molecule has 1 aliphatic carbocycles. The van der Waals surface area contributed by atoms with Crippen molar-refractivity contribution in [2.24, 2.45) is 5.92 Å². The van der Waals surface area contributed by atoms with E-state index in [4.69, 9.17) is 5.11 Å². The third-order valence-corrected chi connectivity index (χ3v) is 3.35. The fourth-order valence-corrected chi connectivity index (χ4v) is 2.32. The highest BCUT2D eigenvalue weighted by atomic mass is 16.4. The molecule has 0 spiro atoms. The molecule has 0 aliphatic heterocycles. The third kappa shape index (κ3) is 2.93. The van der Waals surface area contributed by atoms with Gasteiger partial charge in [-0.05, 0) is 25.7 Å². The molecule has 0 bridgehead atoms. The van der Waals surface area contributed by atoms with Crippen molar-refractivity contribution in [1.29, 1.82) is 0 Å². The number of carboxylic acids is 1. The summed E-state index contributed by atoms with van der Waals surface area (Å²) in [4.78, 5) is 18.5. The highest BCUT2D eigenvalue weighted by Gasteiger charge is 2.21. The van der Waals surface area contributed by atoms with Crippen LogP contribution in [0, 0.1) is 5.92 Å². The Morgan fingerprint density at radius 2 is 2.12 bits per heavy atom. The maximum Gasteiger partial charge on any atom is 0.356 e. The Morgan fingerprint density at radius 3 is 2.65 bits per heavy atom. The molecule has 1 atom stereocenters. The molecule has 1 fully saturated rings. The number of aromatic nitrogens is 2. The predicted molar refractivity (Wildman–Crippen MR) is 64.0 cm³/mol. The van der Waals surface area contributed by atoms with Gasteiger partial charge in [0.2, 0.25) is 0 Å². The van der Waals surface area contributed by atoms with Gasteiger partial charge in [0.05, 0.1) is 12.4 Å². The van der Waals surface area contributed by atoms with E-state index in [0.717, 1.165) is 0 Å². The van der Waals surface area contributed by atoms with Crippen LogP contribution in [0.3, 0.4) is 0 Å². The maximum absolute atomic E-state index is 10.6. The molecule has 0 unspecified atom stereocenters. The minimum Gasteiger partial charge on any atom is -0.476 e. The molecule has 1 aromatic rings. The molecule has 0 aromatic carbocycles. The average Bonchev–Trinajstić information content (AvgIpc) is 2.83. The molecule has 1 heterocycles. The van der Waals surface area contributed by atoms with Gasteiger partial charge in [-0.15, -0.1) is 0 Å². The third-order valence-electron chi connectivity index (χ3n) is 3.35. The molecule has 2 rings (SSSR count). The van der Waals surface area contributed by atoms with E-state index in [9.17, 15) is 4.79 Å². The molecule has 0 amide bonds. The fourth-order valence-electron chi connectivity index (χ4n) is 2.32. The lowest BCUT2D eigenvalue weighted by Crippen LogP contribution is -2.24. The highest BCUT2D eigenvalue weighted by molar-refractivity contribution is 5.84. The summed E-state index contributed by atoms with van der Waals surface area (Å²) in [6, 6.07) is 0.363. The zero-order valence-corrected chi connectivity index (χ0v) is 9.89. The first kappa shape index (κ1) is 11.8. The van der Waals surface area contributed by atoms with Gasteiger partial charge < -0.3 is 10.4 Å². The Labute approximate surface area is 100 Å². The molecule has 17 heavy (non-hydrogen) atoms. The topological polar surface area (TPSA) is 75.1 Å². The summed E-state index contributed by atoms with van der Waals surface area (Å²) in [6.07, 6.45) is 7.89. The predicted octanol–water partition coefficient (Wildman–Crippen LogP) is 2.17. The van der Waals surface area contributed by atoms with Gasteiger partial charge in [-0.1, -0.05) is 12.8 Å². The normalized spacial score (nSPS) is 17.9. The summed E-state index contributed by atoms with van der Waals surface area (Å²) < 4.78 is 0. The Hall–Kier alpha value is -1.65. The molecule has 1 aliphatic rings. The highest BCUT2D eigenvalue weighted by Crippen LogP contribution is 2.28. The number of carbonyl (C=O) groups is 1. The minimum absolute atomic E-state index is 0.0240. The molecule has 2 N–H and O–H groups in total. The Morgan fingerprint density at radius 1 is 1.41 bits per heavy atom. The Bertz CT molecular complexity index is 385. The van der Waals surface area contributed by atoms with Crippen molar-refractivity contribution >= 4 is 11.8 Å². The second-order valence-corrected chi connectivity index (χ2v) is 4.57. The number of carboxylic acid groups (broad SMARTS) is 1. The summed E-state index contributed by atoms with van der Waals surface area (Å²) in [5.74, 6) is 0.290. The van der Waals surface area contributed by atoms with Crippen LogP contribution in [0.4, 0.5) is 5.82 Å². The van der Waals surface area contributed by atoms with Crippen molar-refractivity contribution in [1.82, 2.24) is 9.97 Å². The molecular weight excluding hydrogens is 218 g/mol. The SMILES string of the molecule is C[C@H](Nc1cnc(C(=O)O)cn1)C1CCCC1. The van der Waals surface area contributed by atoms with E-state index in [2.05, 4.69) is 22.2 Å². The number of nitrogens with zero attached hydrogens (tertiary/aromatic N) is 2. The maximum atomic E-state index is 10.6. The van der Waals surface area contributed by atoms with Crippen LogP contribution in [0.15, 0.2) is 12.4 Å². The smallest absolute Gasteiger partial charge is 0.356 e. The van der Waals surface area contributed by atoms with Gasteiger partial charge in [-0.3, -0.25) is 0 Å². The van der Waals surface area contributed by atoms with Gasteiger partial charge in [-0.2, -0.15) is 0 Å². The van der Waals surface area contributed by atoms with Gasteiger partial charge in [0.15, 0.2) is 5.69 Å². The molecule has 5 nitrogen and oxygen atoms in total. The van der Waals surface area contributed by atoms with Crippen LogP contribution in [-0.2, 0) is 0 Å². The number of hydrogen-bond acceptors (Lipinski definition) is 4. The van der Waals surface area contributed by atoms with Crippen molar-refractivity contribution in [3.05, 3.63) is 18.1 Å². The molecule has 5 heteroatoms. The van der Waals surface area contributed by atoms with E-state index in [1.54, 1.807) is 0 Å².